The molecular formula is C16H22N4. The molecule has 1 saturated carbocycles. The number of hydrogen-bond donors (Lipinski definition) is 1. The van der Waals surface area contributed by atoms with Crippen LogP contribution in [0, 0.1) is 5.92 Å². The normalized spacial score (nSPS) is 22.9. The minimum atomic E-state index is 0.547. The maximum Gasteiger partial charge on any atom is 0.0953 e. The van der Waals surface area contributed by atoms with Crippen LogP contribution in [0.25, 0.3) is 11.3 Å². The first-order chi connectivity index (χ1) is 9.81. The van der Waals surface area contributed by atoms with E-state index in [9.17, 15) is 0 Å². The van der Waals surface area contributed by atoms with Crippen molar-refractivity contribution in [2.24, 2.45) is 5.92 Å². The number of nitrogen functional groups attached to an aromatic ring is 1. The first-order valence-corrected chi connectivity index (χ1v) is 7.53. The van der Waals surface area contributed by atoms with Gasteiger partial charge in [-0.2, -0.15) is 0 Å². The van der Waals surface area contributed by atoms with Crippen molar-refractivity contribution in [3.63, 3.8) is 0 Å². The molecule has 2 unspecified atom stereocenters. The zero-order valence-corrected chi connectivity index (χ0v) is 12.0. The summed E-state index contributed by atoms with van der Waals surface area (Å²) in [6.45, 7) is 2.29. The van der Waals surface area contributed by atoms with Crippen molar-refractivity contribution < 1.29 is 0 Å². The molecule has 2 atom stereocenters. The van der Waals surface area contributed by atoms with E-state index in [1.807, 2.05) is 24.8 Å². The average molecular weight is 270 g/mol. The first kappa shape index (κ1) is 13.2. The minimum absolute atomic E-state index is 0.547. The molecule has 0 spiro atoms. The van der Waals surface area contributed by atoms with E-state index in [4.69, 9.17) is 5.73 Å². The highest BCUT2D eigenvalue weighted by Crippen LogP contribution is 2.38. The summed E-state index contributed by atoms with van der Waals surface area (Å²) in [5.74, 6) is 0.745. The van der Waals surface area contributed by atoms with Crippen LogP contribution in [0.4, 0.5) is 5.69 Å². The second kappa shape index (κ2) is 5.65. The van der Waals surface area contributed by atoms with Crippen molar-refractivity contribution >= 4 is 5.69 Å². The minimum Gasteiger partial charge on any atom is -0.398 e. The molecule has 2 heterocycles. The third-order valence-corrected chi connectivity index (χ3v) is 4.55. The maximum atomic E-state index is 6.10. The van der Waals surface area contributed by atoms with Gasteiger partial charge in [0, 0.05) is 29.7 Å². The zero-order chi connectivity index (χ0) is 13.9. The zero-order valence-electron chi connectivity index (χ0n) is 12.0. The molecule has 0 aromatic carbocycles. The largest absolute Gasteiger partial charge is 0.398 e. The van der Waals surface area contributed by atoms with Crippen molar-refractivity contribution in [1.29, 1.82) is 0 Å². The summed E-state index contributed by atoms with van der Waals surface area (Å²) in [5, 5.41) is 0. The van der Waals surface area contributed by atoms with Crippen molar-refractivity contribution in [3.8, 4) is 11.3 Å². The molecule has 4 heteroatoms. The summed E-state index contributed by atoms with van der Waals surface area (Å²) in [4.78, 5) is 8.57. The Balaban J connectivity index is 2.00. The fraction of sp³-hybridized carbons (Fsp3) is 0.500. The van der Waals surface area contributed by atoms with Crippen molar-refractivity contribution in [2.75, 3.05) is 5.73 Å². The highest BCUT2D eigenvalue weighted by Gasteiger charge is 2.27. The third kappa shape index (κ3) is 2.30. The molecule has 0 aliphatic heterocycles. The molecule has 3 rings (SSSR count). The molecule has 4 nitrogen and oxygen atoms in total. The summed E-state index contributed by atoms with van der Waals surface area (Å²) >= 11 is 0. The highest BCUT2D eigenvalue weighted by atomic mass is 15.1. The number of nitrogens with zero attached hydrogens (tertiary/aromatic N) is 3. The Morgan fingerprint density at radius 2 is 2.10 bits per heavy atom. The van der Waals surface area contributed by atoms with Gasteiger partial charge in [-0.25, -0.2) is 4.98 Å². The van der Waals surface area contributed by atoms with Gasteiger partial charge in [0.15, 0.2) is 0 Å². The molecule has 1 fully saturated rings. The van der Waals surface area contributed by atoms with Gasteiger partial charge in [-0.15, -0.1) is 0 Å². The lowest BCUT2D eigenvalue weighted by atomic mass is 9.82. The molecule has 0 bridgehead atoms. The van der Waals surface area contributed by atoms with Gasteiger partial charge in [-0.05, 0) is 24.8 Å². The van der Waals surface area contributed by atoms with Crippen molar-refractivity contribution in [2.45, 2.75) is 45.1 Å². The number of pyridine rings is 1. The second-order valence-electron chi connectivity index (χ2n) is 5.67. The van der Waals surface area contributed by atoms with Crippen LogP contribution in [-0.4, -0.2) is 14.5 Å². The van der Waals surface area contributed by atoms with Crippen LogP contribution in [0.1, 0.15) is 45.1 Å². The van der Waals surface area contributed by atoms with Crippen LogP contribution in [0.3, 0.4) is 0 Å². The average Bonchev–Trinajstić information content (AvgIpc) is 2.96. The summed E-state index contributed by atoms with van der Waals surface area (Å²) in [5.41, 5.74) is 8.95. The molecule has 0 amide bonds. The Morgan fingerprint density at radius 1 is 1.25 bits per heavy atom. The lowest BCUT2D eigenvalue weighted by Gasteiger charge is -2.33. The van der Waals surface area contributed by atoms with Crippen molar-refractivity contribution in [3.05, 3.63) is 31.0 Å². The fourth-order valence-electron chi connectivity index (χ4n) is 3.43. The highest BCUT2D eigenvalue weighted by molar-refractivity contribution is 5.72. The van der Waals surface area contributed by atoms with Crippen LogP contribution in [-0.2, 0) is 0 Å². The van der Waals surface area contributed by atoms with Crippen LogP contribution < -0.4 is 5.73 Å². The Bertz CT molecular complexity index is 575. The molecule has 2 N–H and O–H groups in total. The molecule has 2 aromatic heterocycles. The molecule has 0 radical (unpaired) electrons. The first-order valence-electron chi connectivity index (χ1n) is 7.53. The summed E-state index contributed by atoms with van der Waals surface area (Å²) in [7, 11) is 0. The summed E-state index contributed by atoms with van der Waals surface area (Å²) < 4.78 is 2.32. The molecule has 0 saturated heterocycles. The van der Waals surface area contributed by atoms with E-state index in [1.165, 1.54) is 32.1 Å². The quantitative estimate of drug-likeness (QED) is 0.925. The number of imidazole rings is 1. The van der Waals surface area contributed by atoms with E-state index >= 15 is 0 Å². The van der Waals surface area contributed by atoms with E-state index in [0.29, 0.717) is 6.04 Å². The molecule has 106 valence electrons. The predicted molar refractivity (Wildman–Crippen MR) is 81.2 cm³/mol. The SMILES string of the molecule is CCC1CCCCC1n1cncc1-c1cnccc1N. The molecule has 20 heavy (non-hydrogen) atoms. The molecule has 2 aromatic rings. The molecule has 1 aliphatic carbocycles. The number of aromatic nitrogens is 3. The van der Waals surface area contributed by atoms with E-state index < -0.39 is 0 Å². The summed E-state index contributed by atoms with van der Waals surface area (Å²) in [6.07, 6.45) is 13.9. The Labute approximate surface area is 120 Å². The predicted octanol–water partition coefficient (Wildman–Crippen LogP) is 3.67. The van der Waals surface area contributed by atoms with Gasteiger partial charge in [0.25, 0.3) is 0 Å². The van der Waals surface area contributed by atoms with Gasteiger partial charge in [0.05, 0.1) is 18.2 Å². The Morgan fingerprint density at radius 3 is 2.90 bits per heavy atom. The van der Waals surface area contributed by atoms with E-state index in [1.54, 1.807) is 6.20 Å². The van der Waals surface area contributed by atoms with Crippen LogP contribution in [0.2, 0.25) is 0 Å². The number of anilines is 1. The number of nitrogens with two attached hydrogens (primary N) is 1. The van der Waals surface area contributed by atoms with Gasteiger partial charge in [-0.3, -0.25) is 4.98 Å². The van der Waals surface area contributed by atoms with Crippen molar-refractivity contribution in [1.82, 2.24) is 14.5 Å². The third-order valence-electron chi connectivity index (χ3n) is 4.55. The molecular weight excluding hydrogens is 248 g/mol. The lowest BCUT2D eigenvalue weighted by molar-refractivity contribution is 0.234. The van der Waals surface area contributed by atoms with Crippen LogP contribution in [0.5, 0.6) is 0 Å². The Hall–Kier alpha value is -1.84. The topological polar surface area (TPSA) is 56.7 Å². The second-order valence-corrected chi connectivity index (χ2v) is 5.67. The molecule has 1 aliphatic rings. The van der Waals surface area contributed by atoms with E-state index in [0.717, 1.165) is 22.9 Å². The van der Waals surface area contributed by atoms with Gasteiger partial charge >= 0.3 is 0 Å². The smallest absolute Gasteiger partial charge is 0.0953 e. The van der Waals surface area contributed by atoms with Gasteiger partial charge in [-0.1, -0.05) is 26.2 Å². The monoisotopic (exact) mass is 270 g/mol. The fourth-order valence-corrected chi connectivity index (χ4v) is 3.43. The maximum absolute atomic E-state index is 6.10. The van der Waals surface area contributed by atoms with Gasteiger partial charge in [0.1, 0.15) is 0 Å². The Kier molecular flexibility index (Phi) is 3.72. The number of hydrogen-bond acceptors (Lipinski definition) is 3. The van der Waals surface area contributed by atoms with Crippen LogP contribution >= 0.6 is 0 Å². The standard InChI is InChI=1S/C16H22N4/c1-2-12-5-3-4-6-15(12)20-11-19-10-16(20)13-9-18-8-7-14(13)17/h7-12,15H,2-6H2,1H3,(H2,17,18). The van der Waals surface area contributed by atoms with Gasteiger partial charge < -0.3 is 10.3 Å². The van der Waals surface area contributed by atoms with Crippen LogP contribution in [0.15, 0.2) is 31.0 Å². The van der Waals surface area contributed by atoms with E-state index in [-0.39, 0.29) is 0 Å². The van der Waals surface area contributed by atoms with Gasteiger partial charge in [0.2, 0.25) is 0 Å². The van der Waals surface area contributed by atoms with E-state index in [2.05, 4.69) is 21.5 Å². The summed E-state index contributed by atoms with van der Waals surface area (Å²) in [6, 6.07) is 2.40. The lowest BCUT2D eigenvalue weighted by Crippen LogP contribution is -2.23. The number of rotatable bonds is 3.